The molecule has 1 saturated heterocycles. The number of hydrogen-bond donors (Lipinski definition) is 2. The summed E-state index contributed by atoms with van der Waals surface area (Å²) in [6.45, 7) is 13.0. The van der Waals surface area contributed by atoms with Gasteiger partial charge in [0, 0.05) is 42.8 Å². The predicted octanol–water partition coefficient (Wildman–Crippen LogP) is 4.32. The molecule has 2 aromatic heterocycles. The van der Waals surface area contributed by atoms with Crippen molar-refractivity contribution in [3.8, 4) is 16.9 Å². The van der Waals surface area contributed by atoms with Crippen LogP contribution in [0.15, 0.2) is 55.1 Å². The number of likely N-dealkylation sites (tertiary alicyclic amines) is 1. The molecule has 0 saturated carbocycles. The van der Waals surface area contributed by atoms with Crippen LogP contribution < -0.4 is 11.5 Å². The van der Waals surface area contributed by atoms with E-state index in [1.807, 2.05) is 59.3 Å². The third-order valence-electron chi connectivity index (χ3n) is 4.90. The van der Waals surface area contributed by atoms with Crippen LogP contribution in [0.3, 0.4) is 0 Å². The molecule has 4 rings (SSSR count). The molecule has 1 fully saturated rings. The van der Waals surface area contributed by atoms with Crippen LogP contribution >= 0.6 is 0 Å². The van der Waals surface area contributed by atoms with Gasteiger partial charge < -0.3 is 16.0 Å². The first-order valence-corrected chi connectivity index (χ1v) is 11.8. The molecule has 1 aliphatic rings. The Morgan fingerprint density at radius 1 is 1.12 bits per heavy atom. The van der Waals surface area contributed by atoms with E-state index in [-0.39, 0.29) is 6.41 Å². The lowest BCUT2D eigenvalue weighted by Gasteiger charge is -2.30. The molecular formula is C26H40N6O. The highest BCUT2D eigenvalue weighted by molar-refractivity contribution is 5.63. The number of imidazole rings is 1. The molecule has 7 nitrogen and oxygen atoms in total. The van der Waals surface area contributed by atoms with Gasteiger partial charge in [-0.25, -0.2) is 4.98 Å². The molecule has 4 N–H and O–H groups in total. The number of benzene rings is 1. The van der Waals surface area contributed by atoms with Gasteiger partial charge in [0.15, 0.2) is 0 Å². The van der Waals surface area contributed by atoms with E-state index in [0.717, 1.165) is 48.7 Å². The van der Waals surface area contributed by atoms with E-state index in [9.17, 15) is 0 Å². The maximum atomic E-state index is 8.58. The number of hydrogen-bond acceptors (Lipinski definition) is 5. The van der Waals surface area contributed by atoms with E-state index in [1.165, 1.54) is 12.0 Å². The molecule has 0 aliphatic carbocycles. The Balaban J connectivity index is 0.000000705. The number of rotatable bonds is 4. The monoisotopic (exact) mass is 452 g/mol. The number of carbonyl (C=O) groups excluding carboxylic acids is 1. The zero-order valence-electron chi connectivity index (χ0n) is 20.7. The predicted molar refractivity (Wildman–Crippen MR) is 137 cm³/mol. The highest BCUT2D eigenvalue weighted by Crippen LogP contribution is 2.24. The summed E-state index contributed by atoms with van der Waals surface area (Å²) in [7, 11) is 0. The second-order valence-corrected chi connectivity index (χ2v) is 7.30. The van der Waals surface area contributed by atoms with Gasteiger partial charge in [0.1, 0.15) is 0 Å². The van der Waals surface area contributed by atoms with Crippen molar-refractivity contribution < 1.29 is 4.79 Å². The Morgan fingerprint density at radius 2 is 1.85 bits per heavy atom. The van der Waals surface area contributed by atoms with Crippen LogP contribution in [0.4, 0.5) is 0 Å². The Morgan fingerprint density at radius 3 is 2.42 bits per heavy atom. The van der Waals surface area contributed by atoms with Crippen molar-refractivity contribution in [2.24, 2.45) is 11.5 Å². The fourth-order valence-corrected chi connectivity index (χ4v) is 3.65. The summed E-state index contributed by atoms with van der Waals surface area (Å²) in [5, 5.41) is 0. The van der Waals surface area contributed by atoms with Crippen molar-refractivity contribution in [1.29, 1.82) is 0 Å². The van der Waals surface area contributed by atoms with Gasteiger partial charge >= 0.3 is 0 Å². The van der Waals surface area contributed by atoms with Gasteiger partial charge in [-0.1, -0.05) is 33.8 Å². The van der Waals surface area contributed by atoms with Crippen molar-refractivity contribution in [3.63, 3.8) is 0 Å². The number of carbonyl (C=O) groups is 1. The average molecular weight is 453 g/mol. The molecule has 0 bridgehead atoms. The number of nitrogens with zero attached hydrogens (tertiary/aromatic N) is 4. The van der Waals surface area contributed by atoms with Gasteiger partial charge in [-0.15, -0.1) is 0 Å². The van der Waals surface area contributed by atoms with E-state index < -0.39 is 0 Å². The topological polar surface area (TPSA) is 103 Å². The Kier molecular flexibility index (Phi) is 13.3. The zero-order valence-corrected chi connectivity index (χ0v) is 20.7. The largest absolute Gasteiger partial charge is 0.372 e. The zero-order chi connectivity index (χ0) is 24.6. The minimum atomic E-state index is 0.250. The van der Waals surface area contributed by atoms with Gasteiger partial charge in [-0.05, 0) is 62.2 Å². The summed E-state index contributed by atoms with van der Waals surface area (Å²) >= 11 is 0. The van der Waals surface area contributed by atoms with Crippen LogP contribution in [-0.4, -0.2) is 45.0 Å². The van der Waals surface area contributed by atoms with Crippen LogP contribution in [0, 0.1) is 6.92 Å². The van der Waals surface area contributed by atoms with E-state index in [4.69, 9.17) is 10.5 Å². The average Bonchev–Trinajstić information content (AvgIpc) is 3.29. The highest BCUT2D eigenvalue weighted by Gasteiger charge is 2.17. The highest BCUT2D eigenvalue weighted by atomic mass is 16.1. The second kappa shape index (κ2) is 15.7. The van der Waals surface area contributed by atoms with Crippen molar-refractivity contribution in [2.75, 3.05) is 13.1 Å². The number of nitrogens with two attached hydrogens (primary N) is 2. The fourth-order valence-electron chi connectivity index (χ4n) is 3.65. The Hall–Kier alpha value is -3.03. The maximum Gasteiger partial charge on any atom is 0.204 e. The minimum absolute atomic E-state index is 0.250. The van der Waals surface area contributed by atoms with Gasteiger partial charge in [0.05, 0.1) is 17.7 Å². The molecule has 1 atom stereocenters. The molecule has 3 heterocycles. The molecule has 1 aliphatic heterocycles. The van der Waals surface area contributed by atoms with Gasteiger partial charge in [-0.3, -0.25) is 14.7 Å². The van der Waals surface area contributed by atoms with E-state index in [1.54, 1.807) is 0 Å². The fraction of sp³-hybridized carbons (Fsp3) is 0.423. The number of aryl methyl sites for hydroxylation is 1. The molecule has 1 unspecified atom stereocenters. The number of piperidine rings is 1. The van der Waals surface area contributed by atoms with Gasteiger partial charge in [0.25, 0.3) is 0 Å². The normalized spacial score (nSPS) is 15.0. The molecular weight excluding hydrogens is 412 g/mol. The molecule has 1 amide bonds. The smallest absolute Gasteiger partial charge is 0.204 e. The number of aromatic nitrogens is 3. The van der Waals surface area contributed by atoms with E-state index in [0.29, 0.717) is 6.04 Å². The molecule has 0 radical (unpaired) electrons. The summed E-state index contributed by atoms with van der Waals surface area (Å²) in [4.78, 5) is 19.9. The van der Waals surface area contributed by atoms with E-state index >= 15 is 0 Å². The standard InChI is InChI=1S/C21H25N5.2C2H6.CH3NO/c1-16-12-26(15-24-16)20-10-17(13-25-8-4-5-19(22)14-25)9-18(11-20)21-6-2-3-7-23-21;2*1-2;2-1-3/h2-3,6-7,9-12,15,19H,4-5,8,13-14,22H2,1H3;2*1-2H3;1H,(H2,2,3). The molecule has 3 aromatic rings. The molecule has 1 aromatic carbocycles. The number of primary amides is 1. The van der Waals surface area contributed by atoms with Crippen molar-refractivity contribution in [3.05, 3.63) is 66.4 Å². The van der Waals surface area contributed by atoms with Crippen LogP contribution in [-0.2, 0) is 11.3 Å². The van der Waals surface area contributed by atoms with Crippen LogP contribution in [0.1, 0.15) is 51.8 Å². The molecule has 7 heteroatoms. The molecule has 180 valence electrons. The lowest BCUT2D eigenvalue weighted by atomic mass is 10.0. The Bertz CT molecular complexity index is 926. The van der Waals surface area contributed by atoms with Crippen molar-refractivity contribution >= 4 is 6.41 Å². The summed E-state index contributed by atoms with van der Waals surface area (Å²) < 4.78 is 2.08. The molecule has 33 heavy (non-hydrogen) atoms. The summed E-state index contributed by atoms with van der Waals surface area (Å²) in [5.41, 5.74) is 15.9. The summed E-state index contributed by atoms with van der Waals surface area (Å²) in [6, 6.07) is 13.0. The number of amides is 1. The maximum absolute atomic E-state index is 8.58. The first kappa shape index (κ1) is 28.0. The third-order valence-corrected chi connectivity index (χ3v) is 4.90. The Labute approximate surface area is 198 Å². The van der Waals surface area contributed by atoms with Gasteiger partial charge in [0.2, 0.25) is 6.41 Å². The SMILES string of the molecule is CC.CC.Cc1cn(-c2cc(CN3CCCC(N)C3)cc(-c3ccccn3)c2)cn1.NC=O. The number of pyridine rings is 1. The summed E-state index contributed by atoms with van der Waals surface area (Å²) in [6.07, 6.45) is 8.32. The van der Waals surface area contributed by atoms with E-state index in [2.05, 4.69) is 55.6 Å². The minimum Gasteiger partial charge on any atom is -0.372 e. The van der Waals surface area contributed by atoms with Gasteiger partial charge in [-0.2, -0.15) is 0 Å². The quantitative estimate of drug-likeness (QED) is 0.574. The summed E-state index contributed by atoms with van der Waals surface area (Å²) in [5.74, 6) is 0. The van der Waals surface area contributed by atoms with Crippen LogP contribution in [0.25, 0.3) is 16.9 Å². The third kappa shape index (κ3) is 9.16. The lowest BCUT2D eigenvalue weighted by molar-refractivity contribution is -0.106. The van der Waals surface area contributed by atoms with Crippen molar-refractivity contribution in [2.45, 2.75) is 60.0 Å². The first-order valence-electron chi connectivity index (χ1n) is 11.8. The molecule has 0 spiro atoms. The van der Waals surface area contributed by atoms with Crippen LogP contribution in [0.5, 0.6) is 0 Å². The lowest BCUT2D eigenvalue weighted by Crippen LogP contribution is -2.42. The van der Waals surface area contributed by atoms with Crippen LogP contribution in [0.2, 0.25) is 0 Å². The van der Waals surface area contributed by atoms with Crippen molar-refractivity contribution in [1.82, 2.24) is 19.4 Å². The second-order valence-electron chi connectivity index (χ2n) is 7.30. The first-order chi connectivity index (χ1) is 16.1.